The molecule has 0 aliphatic carbocycles. The fourth-order valence-electron chi connectivity index (χ4n) is 1.74. The molecule has 1 aliphatic heterocycles. The zero-order valence-corrected chi connectivity index (χ0v) is 7.82. The minimum atomic E-state index is -0.628. The minimum absolute atomic E-state index is 0.0209. The van der Waals surface area contributed by atoms with Gasteiger partial charge in [0.2, 0.25) is 0 Å². The first-order valence-corrected chi connectivity index (χ1v) is 4.39. The number of hydrogen-bond donors (Lipinski definition) is 1. The molecule has 74 valence electrons. The van der Waals surface area contributed by atoms with Crippen LogP contribution in [0.25, 0.3) is 0 Å². The lowest BCUT2D eigenvalue weighted by atomic mass is 9.88. The smallest absolute Gasteiger partial charge is 0.317 e. The molecule has 0 aromatic carbocycles. The van der Waals surface area contributed by atoms with Gasteiger partial charge in [0.1, 0.15) is 17.8 Å². The molecular formula is C9H14O4. The second-order valence-electron chi connectivity index (χ2n) is 3.44. The van der Waals surface area contributed by atoms with Crippen LogP contribution in [0.2, 0.25) is 0 Å². The van der Waals surface area contributed by atoms with Crippen LogP contribution in [-0.4, -0.2) is 29.6 Å². The lowest BCUT2D eigenvalue weighted by Gasteiger charge is -2.13. The number of aliphatic hydroxyl groups excluding tert-OH is 1. The van der Waals surface area contributed by atoms with Gasteiger partial charge in [0, 0.05) is 18.9 Å². The predicted molar refractivity (Wildman–Crippen MR) is 44.9 cm³/mol. The van der Waals surface area contributed by atoms with Crippen molar-refractivity contribution in [2.75, 3.05) is 6.61 Å². The third kappa shape index (κ3) is 1.88. The Hall–Kier alpha value is -0.900. The van der Waals surface area contributed by atoms with Crippen LogP contribution in [-0.2, 0) is 14.3 Å². The Morgan fingerprint density at radius 3 is 2.62 bits per heavy atom. The van der Waals surface area contributed by atoms with Gasteiger partial charge in [0.05, 0.1) is 0 Å². The van der Waals surface area contributed by atoms with Crippen molar-refractivity contribution in [2.24, 2.45) is 11.8 Å². The molecule has 3 atom stereocenters. The summed E-state index contributed by atoms with van der Waals surface area (Å²) in [6, 6.07) is 0. The number of ketones is 1. The summed E-state index contributed by atoms with van der Waals surface area (Å²) in [6.45, 7) is 3.17. The molecule has 0 aromatic rings. The van der Waals surface area contributed by atoms with Crippen molar-refractivity contribution in [3.63, 3.8) is 0 Å². The van der Waals surface area contributed by atoms with Crippen molar-refractivity contribution in [1.29, 1.82) is 0 Å². The van der Waals surface area contributed by atoms with E-state index in [-0.39, 0.29) is 24.4 Å². The maximum atomic E-state index is 11.2. The Bertz CT molecular complexity index is 224. The maximum absolute atomic E-state index is 11.2. The summed E-state index contributed by atoms with van der Waals surface area (Å²) in [4.78, 5) is 22.2. The van der Waals surface area contributed by atoms with Crippen LogP contribution >= 0.6 is 0 Å². The SMILES string of the molecule is CC(=O)C1C(=O)OC(CCO)C1C. The van der Waals surface area contributed by atoms with Crippen molar-refractivity contribution in [3.8, 4) is 0 Å². The fourth-order valence-corrected chi connectivity index (χ4v) is 1.74. The van der Waals surface area contributed by atoms with Crippen molar-refractivity contribution in [2.45, 2.75) is 26.4 Å². The van der Waals surface area contributed by atoms with Gasteiger partial charge in [-0.25, -0.2) is 0 Å². The van der Waals surface area contributed by atoms with E-state index in [0.29, 0.717) is 6.42 Å². The number of cyclic esters (lactones) is 1. The lowest BCUT2D eigenvalue weighted by molar-refractivity contribution is -0.146. The average molecular weight is 186 g/mol. The quantitative estimate of drug-likeness (QED) is 0.503. The van der Waals surface area contributed by atoms with E-state index in [4.69, 9.17) is 9.84 Å². The van der Waals surface area contributed by atoms with Crippen LogP contribution < -0.4 is 0 Å². The van der Waals surface area contributed by atoms with E-state index in [0.717, 1.165) is 0 Å². The number of hydrogen-bond acceptors (Lipinski definition) is 4. The number of rotatable bonds is 3. The maximum Gasteiger partial charge on any atom is 0.317 e. The highest BCUT2D eigenvalue weighted by molar-refractivity contribution is 5.99. The second-order valence-corrected chi connectivity index (χ2v) is 3.44. The normalized spacial score (nSPS) is 33.2. The van der Waals surface area contributed by atoms with Gasteiger partial charge in [-0.15, -0.1) is 0 Å². The van der Waals surface area contributed by atoms with Crippen LogP contribution in [0.15, 0.2) is 0 Å². The summed E-state index contributed by atoms with van der Waals surface area (Å²) in [7, 11) is 0. The highest BCUT2D eigenvalue weighted by Crippen LogP contribution is 2.30. The zero-order chi connectivity index (χ0) is 10.0. The number of esters is 1. The Labute approximate surface area is 76.9 Å². The van der Waals surface area contributed by atoms with Crippen molar-refractivity contribution in [3.05, 3.63) is 0 Å². The molecule has 0 aromatic heterocycles. The first kappa shape index (κ1) is 10.2. The highest BCUT2D eigenvalue weighted by atomic mass is 16.6. The number of carbonyl (C=O) groups is 2. The molecule has 1 saturated heterocycles. The molecule has 1 aliphatic rings. The molecule has 0 spiro atoms. The molecule has 1 rings (SSSR count). The van der Waals surface area contributed by atoms with Crippen LogP contribution in [0.5, 0.6) is 0 Å². The van der Waals surface area contributed by atoms with E-state index in [1.54, 1.807) is 6.92 Å². The molecular weight excluding hydrogens is 172 g/mol. The Morgan fingerprint density at radius 2 is 2.23 bits per heavy atom. The highest BCUT2D eigenvalue weighted by Gasteiger charge is 2.43. The van der Waals surface area contributed by atoms with E-state index in [1.807, 2.05) is 0 Å². The lowest BCUT2D eigenvalue weighted by Crippen LogP contribution is -2.24. The summed E-state index contributed by atoms with van der Waals surface area (Å²) < 4.78 is 4.97. The topological polar surface area (TPSA) is 63.6 Å². The van der Waals surface area contributed by atoms with E-state index in [2.05, 4.69) is 0 Å². The van der Waals surface area contributed by atoms with E-state index in [9.17, 15) is 9.59 Å². The van der Waals surface area contributed by atoms with Gasteiger partial charge in [-0.2, -0.15) is 0 Å². The molecule has 0 radical (unpaired) electrons. The monoisotopic (exact) mass is 186 g/mol. The number of ether oxygens (including phenoxy) is 1. The summed E-state index contributed by atoms with van der Waals surface area (Å²) in [6.07, 6.45) is 0.114. The summed E-state index contributed by atoms with van der Waals surface area (Å²) in [5.74, 6) is -1.34. The number of aliphatic hydroxyl groups is 1. The second kappa shape index (κ2) is 3.87. The van der Waals surface area contributed by atoms with Gasteiger partial charge in [-0.1, -0.05) is 6.92 Å². The standard InChI is InChI=1S/C9H14O4/c1-5-7(3-4-10)13-9(12)8(5)6(2)11/h5,7-8,10H,3-4H2,1-2H3. The summed E-state index contributed by atoms with van der Waals surface area (Å²) in [5, 5.41) is 8.68. The molecule has 4 nitrogen and oxygen atoms in total. The van der Waals surface area contributed by atoms with Gasteiger partial charge < -0.3 is 9.84 Å². The van der Waals surface area contributed by atoms with E-state index < -0.39 is 11.9 Å². The van der Waals surface area contributed by atoms with Crippen molar-refractivity contribution < 1.29 is 19.4 Å². The average Bonchev–Trinajstić information content (AvgIpc) is 2.28. The molecule has 0 bridgehead atoms. The third-order valence-electron chi connectivity index (χ3n) is 2.49. The van der Waals surface area contributed by atoms with Crippen LogP contribution in [0.1, 0.15) is 20.3 Å². The van der Waals surface area contributed by atoms with Gasteiger partial charge >= 0.3 is 5.97 Å². The summed E-state index contributed by atoms with van der Waals surface area (Å²) in [5.41, 5.74) is 0. The molecule has 0 amide bonds. The summed E-state index contributed by atoms with van der Waals surface area (Å²) >= 11 is 0. The molecule has 1 N–H and O–H groups in total. The Kier molecular flexibility index (Phi) is 3.03. The Balaban J connectivity index is 2.69. The first-order chi connectivity index (χ1) is 6.07. The Morgan fingerprint density at radius 1 is 1.62 bits per heavy atom. The van der Waals surface area contributed by atoms with Gasteiger partial charge in [-0.05, 0) is 6.92 Å². The van der Waals surface area contributed by atoms with Crippen molar-refractivity contribution >= 4 is 11.8 Å². The van der Waals surface area contributed by atoms with E-state index >= 15 is 0 Å². The molecule has 4 heteroatoms. The first-order valence-electron chi connectivity index (χ1n) is 4.39. The predicted octanol–water partition coefficient (Wildman–Crippen LogP) is 0.135. The number of Topliss-reactive ketones (excluding diaryl/α,β-unsaturated/α-hetero) is 1. The molecule has 3 unspecified atom stereocenters. The largest absolute Gasteiger partial charge is 0.461 e. The minimum Gasteiger partial charge on any atom is -0.461 e. The fraction of sp³-hybridized carbons (Fsp3) is 0.778. The molecule has 1 heterocycles. The molecule has 1 fully saturated rings. The van der Waals surface area contributed by atoms with Gasteiger partial charge in [0.25, 0.3) is 0 Å². The number of carbonyl (C=O) groups excluding carboxylic acids is 2. The molecule has 0 saturated carbocycles. The van der Waals surface area contributed by atoms with Gasteiger partial charge in [-0.3, -0.25) is 9.59 Å². The third-order valence-corrected chi connectivity index (χ3v) is 2.49. The van der Waals surface area contributed by atoms with Crippen LogP contribution in [0.4, 0.5) is 0 Å². The molecule has 13 heavy (non-hydrogen) atoms. The van der Waals surface area contributed by atoms with Gasteiger partial charge in [0.15, 0.2) is 0 Å². The van der Waals surface area contributed by atoms with Crippen LogP contribution in [0, 0.1) is 11.8 Å². The van der Waals surface area contributed by atoms with Crippen molar-refractivity contribution in [1.82, 2.24) is 0 Å². The van der Waals surface area contributed by atoms with E-state index in [1.165, 1.54) is 6.92 Å². The van der Waals surface area contributed by atoms with Crippen LogP contribution in [0.3, 0.4) is 0 Å². The zero-order valence-electron chi connectivity index (χ0n) is 7.82.